The van der Waals surface area contributed by atoms with Crippen LogP contribution >= 0.6 is 0 Å². The molecule has 0 radical (unpaired) electrons. The lowest BCUT2D eigenvalue weighted by atomic mass is 10.0. The highest BCUT2D eigenvalue weighted by Crippen LogP contribution is 2.13. The Bertz CT molecular complexity index is 920. The third-order valence-electron chi connectivity index (χ3n) is 4.41. The quantitative estimate of drug-likeness (QED) is 0.664. The summed E-state index contributed by atoms with van der Waals surface area (Å²) in [5.41, 5.74) is 1.61. The van der Waals surface area contributed by atoms with Crippen LogP contribution in [0.2, 0.25) is 0 Å². The first kappa shape index (κ1) is 19.4. The first-order chi connectivity index (χ1) is 13.5. The number of rotatable bonds is 7. The number of anilines is 1. The molecule has 0 aliphatic carbocycles. The number of benzene rings is 2. The topological polar surface area (TPSA) is 76.0 Å². The van der Waals surface area contributed by atoms with E-state index in [2.05, 4.69) is 15.7 Å². The van der Waals surface area contributed by atoms with Gasteiger partial charge in [0.1, 0.15) is 11.9 Å². The SMILES string of the molecule is CC(C)[C@@H](NC(=O)c1ccccc1)C(=O)Nc1ccnn1Cc1ccccc1. The van der Waals surface area contributed by atoms with Gasteiger partial charge in [0.25, 0.3) is 5.91 Å². The van der Waals surface area contributed by atoms with Gasteiger partial charge >= 0.3 is 0 Å². The Morgan fingerprint density at radius 3 is 2.25 bits per heavy atom. The van der Waals surface area contributed by atoms with Gasteiger partial charge < -0.3 is 10.6 Å². The van der Waals surface area contributed by atoms with Crippen molar-refractivity contribution in [3.63, 3.8) is 0 Å². The molecule has 2 aromatic carbocycles. The van der Waals surface area contributed by atoms with E-state index in [1.165, 1.54) is 0 Å². The van der Waals surface area contributed by atoms with Crippen molar-refractivity contribution in [2.75, 3.05) is 5.32 Å². The Hall–Kier alpha value is -3.41. The fraction of sp³-hybridized carbons (Fsp3) is 0.227. The third-order valence-corrected chi connectivity index (χ3v) is 4.41. The molecule has 0 unspecified atom stereocenters. The molecular weight excluding hydrogens is 352 g/mol. The van der Waals surface area contributed by atoms with Gasteiger partial charge in [-0.2, -0.15) is 5.10 Å². The summed E-state index contributed by atoms with van der Waals surface area (Å²) < 4.78 is 1.73. The van der Waals surface area contributed by atoms with E-state index in [0.717, 1.165) is 5.56 Å². The summed E-state index contributed by atoms with van der Waals surface area (Å²) in [5, 5.41) is 10.0. The maximum Gasteiger partial charge on any atom is 0.251 e. The maximum absolute atomic E-state index is 12.9. The highest BCUT2D eigenvalue weighted by molar-refractivity contribution is 6.01. The predicted octanol–water partition coefficient (Wildman–Crippen LogP) is 3.32. The summed E-state index contributed by atoms with van der Waals surface area (Å²) in [4.78, 5) is 25.3. The molecule has 1 aromatic heterocycles. The van der Waals surface area contributed by atoms with E-state index in [4.69, 9.17) is 0 Å². The van der Waals surface area contributed by atoms with E-state index in [1.807, 2.05) is 50.2 Å². The average molecular weight is 376 g/mol. The van der Waals surface area contributed by atoms with Crippen LogP contribution < -0.4 is 10.6 Å². The Labute approximate surface area is 164 Å². The number of hydrogen-bond donors (Lipinski definition) is 2. The summed E-state index contributed by atoms with van der Waals surface area (Å²) in [6.07, 6.45) is 1.64. The number of amides is 2. The largest absolute Gasteiger partial charge is 0.340 e. The van der Waals surface area contributed by atoms with E-state index in [-0.39, 0.29) is 17.7 Å². The first-order valence-electron chi connectivity index (χ1n) is 9.27. The van der Waals surface area contributed by atoms with Crippen molar-refractivity contribution in [2.45, 2.75) is 26.4 Å². The van der Waals surface area contributed by atoms with E-state index in [9.17, 15) is 9.59 Å². The molecule has 0 saturated heterocycles. The number of carbonyl (C=O) groups is 2. The molecule has 2 amide bonds. The summed E-state index contributed by atoms with van der Waals surface area (Å²) in [5.74, 6) is -0.0204. The molecule has 1 atom stereocenters. The fourth-order valence-corrected chi connectivity index (χ4v) is 2.87. The standard InChI is InChI=1S/C22H24N4O2/c1-16(2)20(25-21(27)18-11-7-4-8-12-18)22(28)24-19-13-14-23-26(19)15-17-9-5-3-6-10-17/h3-14,16,20H,15H2,1-2H3,(H,24,28)(H,25,27)/t20-/m1/s1. The molecule has 2 N–H and O–H groups in total. The highest BCUT2D eigenvalue weighted by atomic mass is 16.2. The Balaban J connectivity index is 1.70. The molecule has 3 aromatic rings. The van der Waals surface area contributed by atoms with Crippen molar-refractivity contribution in [3.8, 4) is 0 Å². The van der Waals surface area contributed by atoms with Gasteiger partial charge in [-0.15, -0.1) is 0 Å². The van der Waals surface area contributed by atoms with E-state index in [0.29, 0.717) is 17.9 Å². The van der Waals surface area contributed by atoms with Crippen molar-refractivity contribution in [1.82, 2.24) is 15.1 Å². The van der Waals surface area contributed by atoms with E-state index >= 15 is 0 Å². The van der Waals surface area contributed by atoms with Gasteiger partial charge in [0.2, 0.25) is 5.91 Å². The van der Waals surface area contributed by atoms with E-state index in [1.54, 1.807) is 41.2 Å². The second kappa shape index (κ2) is 8.99. The molecule has 1 heterocycles. The normalized spacial score (nSPS) is 11.8. The zero-order valence-electron chi connectivity index (χ0n) is 16.0. The number of nitrogens with one attached hydrogen (secondary N) is 2. The van der Waals surface area contributed by atoms with Crippen LogP contribution in [-0.4, -0.2) is 27.6 Å². The molecule has 0 aliphatic rings. The van der Waals surface area contributed by atoms with E-state index < -0.39 is 6.04 Å². The van der Waals surface area contributed by atoms with Crippen LogP contribution in [0.25, 0.3) is 0 Å². The molecule has 0 bridgehead atoms. The lowest BCUT2D eigenvalue weighted by Gasteiger charge is -2.22. The minimum Gasteiger partial charge on any atom is -0.340 e. The average Bonchev–Trinajstić information content (AvgIpc) is 3.13. The molecule has 0 saturated carbocycles. The monoisotopic (exact) mass is 376 g/mol. The molecule has 0 aliphatic heterocycles. The number of carbonyl (C=O) groups excluding carboxylic acids is 2. The molecule has 3 rings (SSSR count). The van der Waals surface area contributed by atoms with Crippen molar-refractivity contribution >= 4 is 17.6 Å². The van der Waals surface area contributed by atoms with Crippen LogP contribution in [0.5, 0.6) is 0 Å². The lowest BCUT2D eigenvalue weighted by molar-refractivity contribution is -0.118. The molecule has 144 valence electrons. The Kier molecular flexibility index (Phi) is 6.22. The van der Waals surface area contributed by atoms with Crippen molar-refractivity contribution < 1.29 is 9.59 Å². The lowest BCUT2D eigenvalue weighted by Crippen LogP contribution is -2.47. The van der Waals surface area contributed by atoms with Crippen LogP contribution in [0.1, 0.15) is 29.8 Å². The van der Waals surface area contributed by atoms with Crippen LogP contribution in [0.3, 0.4) is 0 Å². The van der Waals surface area contributed by atoms with Gasteiger partial charge in [-0.1, -0.05) is 62.4 Å². The minimum absolute atomic E-state index is 0.0712. The van der Waals surface area contributed by atoms with Gasteiger partial charge in [0.05, 0.1) is 12.7 Å². The second-order valence-electron chi connectivity index (χ2n) is 6.91. The van der Waals surface area contributed by atoms with Crippen LogP contribution in [0.4, 0.5) is 5.82 Å². The van der Waals surface area contributed by atoms with Crippen LogP contribution in [0.15, 0.2) is 72.9 Å². The Morgan fingerprint density at radius 2 is 1.61 bits per heavy atom. The smallest absolute Gasteiger partial charge is 0.251 e. The highest BCUT2D eigenvalue weighted by Gasteiger charge is 2.25. The summed E-state index contributed by atoms with van der Waals surface area (Å²) in [6, 6.07) is 19.9. The summed E-state index contributed by atoms with van der Waals surface area (Å²) in [6.45, 7) is 4.35. The molecule has 6 nitrogen and oxygen atoms in total. The number of nitrogens with zero attached hydrogens (tertiary/aromatic N) is 2. The summed E-state index contributed by atoms with van der Waals surface area (Å²) in [7, 11) is 0. The predicted molar refractivity (Wildman–Crippen MR) is 109 cm³/mol. The van der Waals surface area contributed by atoms with Crippen LogP contribution in [0, 0.1) is 5.92 Å². The number of hydrogen-bond acceptors (Lipinski definition) is 3. The molecule has 28 heavy (non-hydrogen) atoms. The fourth-order valence-electron chi connectivity index (χ4n) is 2.87. The zero-order valence-corrected chi connectivity index (χ0v) is 16.0. The van der Waals surface area contributed by atoms with Crippen molar-refractivity contribution in [1.29, 1.82) is 0 Å². The second-order valence-corrected chi connectivity index (χ2v) is 6.91. The Morgan fingerprint density at radius 1 is 0.964 bits per heavy atom. The molecule has 0 fully saturated rings. The summed E-state index contributed by atoms with van der Waals surface area (Å²) >= 11 is 0. The van der Waals surface area contributed by atoms with Gasteiger partial charge in [0, 0.05) is 11.6 Å². The van der Waals surface area contributed by atoms with Gasteiger partial charge in [-0.25, -0.2) is 4.68 Å². The molecule has 0 spiro atoms. The van der Waals surface area contributed by atoms with Crippen molar-refractivity contribution in [3.05, 3.63) is 84.1 Å². The maximum atomic E-state index is 12.9. The zero-order chi connectivity index (χ0) is 19.9. The van der Waals surface area contributed by atoms with Crippen molar-refractivity contribution in [2.24, 2.45) is 5.92 Å². The molecular formula is C22H24N4O2. The molecule has 6 heteroatoms. The van der Waals surface area contributed by atoms with Crippen LogP contribution in [-0.2, 0) is 11.3 Å². The first-order valence-corrected chi connectivity index (χ1v) is 9.27. The minimum atomic E-state index is -0.659. The van der Waals surface area contributed by atoms with Gasteiger partial charge in [-0.05, 0) is 23.6 Å². The van der Waals surface area contributed by atoms with Gasteiger partial charge in [0.15, 0.2) is 0 Å². The van der Waals surface area contributed by atoms with Gasteiger partial charge in [-0.3, -0.25) is 9.59 Å². The number of aromatic nitrogens is 2. The third kappa shape index (κ3) is 4.85.